The number of ether oxygens (including phenoxy) is 2. The number of carbonyl (C=O) groups is 1. The Hall–Kier alpha value is -3.42. The summed E-state index contributed by atoms with van der Waals surface area (Å²) in [6.45, 7) is 0.248. The molecule has 0 bridgehead atoms. The van der Waals surface area contributed by atoms with Crippen LogP contribution in [0.1, 0.15) is 11.4 Å². The summed E-state index contributed by atoms with van der Waals surface area (Å²) in [5, 5.41) is 9.77. The predicted octanol–water partition coefficient (Wildman–Crippen LogP) is 1.74. The Bertz CT molecular complexity index is 880. The molecule has 0 aliphatic carbocycles. The number of hydrogen-bond acceptors (Lipinski definition) is 6. The first-order valence-electron chi connectivity index (χ1n) is 7.99. The van der Waals surface area contributed by atoms with Crippen LogP contribution in [0.15, 0.2) is 42.7 Å². The number of aromatic amines is 1. The second-order valence-corrected chi connectivity index (χ2v) is 5.48. The summed E-state index contributed by atoms with van der Waals surface area (Å²) in [6, 6.07) is 9.03. The highest BCUT2D eigenvalue weighted by Gasteiger charge is 2.12. The number of pyridine rings is 1. The fourth-order valence-corrected chi connectivity index (χ4v) is 2.44. The summed E-state index contributed by atoms with van der Waals surface area (Å²) in [6.07, 6.45) is 3.54. The molecule has 2 heterocycles. The second kappa shape index (κ2) is 8.11. The number of aromatic nitrogens is 4. The third kappa shape index (κ3) is 4.15. The molecule has 0 unspecified atom stereocenters. The lowest BCUT2D eigenvalue weighted by Crippen LogP contribution is -2.25. The van der Waals surface area contributed by atoms with E-state index in [4.69, 9.17) is 9.47 Å². The van der Waals surface area contributed by atoms with Crippen molar-refractivity contribution in [2.45, 2.75) is 13.0 Å². The average molecular weight is 353 g/mol. The van der Waals surface area contributed by atoms with Crippen molar-refractivity contribution in [2.75, 3.05) is 14.2 Å². The molecular weight excluding hydrogens is 334 g/mol. The second-order valence-electron chi connectivity index (χ2n) is 5.48. The van der Waals surface area contributed by atoms with Crippen molar-refractivity contribution in [3.63, 3.8) is 0 Å². The van der Waals surface area contributed by atoms with Crippen molar-refractivity contribution >= 4 is 5.91 Å². The van der Waals surface area contributed by atoms with Crippen LogP contribution in [0.2, 0.25) is 0 Å². The zero-order valence-electron chi connectivity index (χ0n) is 14.5. The monoisotopic (exact) mass is 353 g/mol. The van der Waals surface area contributed by atoms with E-state index in [1.54, 1.807) is 44.8 Å². The van der Waals surface area contributed by atoms with Gasteiger partial charge in [-0.1, -0.05) is 0 Å². The predicted molar refractivity (Wildman–Crippen MR) is 94.7 cm³/mol. The van der Waals surface area contributed by atoms with Crippen molar-refractivity contribution in [3.8, 4) is 22.9 Å². The summed E-state index contributed by atoms with van der Waals surface area (Å²) < 4.78 is 10.5. The van der Waals surface area contributed by atoms with E-state index in [0.717, 1.165) is 11.1 Å². The van der Waals surface area contributed by atoms with Crippen LogP contribution < -0.4 is 14.8 Å². The maximum absolute atomic E-state index is 12.3. The van der Waals surface area contributed by atoms with E-state index in [1.165, 1.54) is 0 Å². The number of methoxy groups -OCH3 is 2. The molecule has 134 valence electrons. The van der Waals surface area contributed by atoms with Gasteiger partial charge in [0.15, 0.2) is 5.82 Å². The van der Waals surface area contributed by atoms with Gasteiger partial charge in [-0.25, -0.2) is 4.98 Å². The normalized spacial score (nSPS) is 10.4. The van der Waals surface area contributed by atoms with Gasteiger partial charge < -0.3 is 14.8 Å². The molecule has 2 aromatic heterocycles. The van der Waals surface area contributed by atoms with Gasteiger partial charge in [-0.2, -0.15) is 5.10 Å². The van der Waals surface area contributed by atoms with Crippen LogP contribution in [0.3, 0.4) is 0 Å². The molecule has 8 heteroatoms. The number of hydrogen-bond donors (Lipinski definition) is 2. The SMILES string of the molecule is COc1ccc(OC)c(CC(=O)NCc2nc(-c3cccnc3)n[nH]2)c1. The number of benzene rings is 1. The van der Waals surface area contributed by atoms with Gasteiger partial charge in [-0.3, -0.25) is 14.9 Å². The van der Waals surface area contributed by atoms with Crippen LogP contribution in [-0.4, -0.2) is 40.3 Å². The summed E-state index contributed by atoms with van der Waals surface area (Å²) >= 11 is 0. The first kappa shape index (κ1) is 17.4. The maximum atomic E-state index is 12.3. The number of H-pyrrole nitrogens is 1. The van der Waals surface area contributed by atoms with E-state index in [-0.39, 0.29) is 18.9 Å². The maximum Gasteiger partial charge on any atom is 0.224 e. The lowest BCUT2D eigenvalue weighted by molar-refractivity contribution is -0.120. The first-order valence-corrected chi connectivity index (χ1v) is 7.99. The molecule has 1 aromatic carbocycles. The Balaban J connectivity index is 1.61. The van der Waals surface area contributed by atoms with Gasteiger partial charge in [0.05, 0.1) is 27.2 Å². The molecule has 0 radical (unpaired) electrons. The Labute approximate surface area is 150 Å². The number of amides is 1. The molecule has 26 heavy (non-hydrogen) atoms. The Kier molecular flexibility index (Phi) is 5.43. The molecule has 3 aromatic rings. The third-order valence-electron chi connectivity index (χ3n) is 3.74. The van der Waals surface area contributed by atoms with Crippen LogP contribution in [-0.2, 0) is 17.8 Å². The van der Waals surface area contributed by atoms with Gasteiger partial charge in [0.25, 0.3) is 0 Å². The lowest BCUT2D eigenvalue weighted by Gasteiger charge is -2.10. The number of nitrogens with zero attached hydrogens (tertiary/aromatic N) is 3. The number of nitrogens with one attached hydrogen (secondary N) is 2. The van der Waals surface area contributed by atoms with E-state index in [0.29, 0.717) is 23.1 Å². The zero-order chi connectivity index (χ0) is 18.4. The van der Waals surface area contributed by atoms with E-state index in [2.05, 4.69) is 25.5 Å². The molecule has 0 fully saturated rings. The van der Waals surface area contributed by atoms with E-state index in [1.807, 2.05) is 12.1 Å². The van der Waals surface area contributed by atoms with Crippen LogP contribution >= 0.6 is 0 Å². The third-order valence-corrected chi connectivity index (χ3v) is 3.74. The molecule has 3 rings (SSSR count). The minimum Gasteiger partial charge on any atom is -0.497 e. The van der Waals surface area contributed by atoms with Crippen molar-refractivity contribution in [1.82, 2.24) is 25.5 Å². The fraction of sp³-hybridized carbons (Fsp3) is 0.222. The molecule has 2 N–H and O–H groups in total. The molecule has 0 aliphatic heterocycles. The van der Waals surface area contributed by atoms with E-state index >= 15 is 0 Å². The Morgan fingerprint density at radius 3 is 2.85 bits per heavy atom. The summed E-state index contributed by atoms with van der Waals surface area (Å²) in [7, 11) is 3.15. The minimum atomic E-state index is -0.157. The van der Waals surface area contributed by atoms with Gasteiger partial charge in [0, 0.05) is 23.5 Å². The molecule has 0 atom stereocenters. The first-order chi connectivity index (χ1) is 12.7. The largest absolute Gasteiger partial charge is 0.497 e. The molecule has 0 saturated heterocycles. The highest BCUT2D eigenvalue weighted by Crippen LogP contribution is 2.24. The van der Waals surface area contributed by atoms with Crippen molar-refractivity contribution in [3.05, 3.63) is 54.1 Å². The fourth-order valence-electron chi connectivity index (χ4n) is 2.44. The summed E-state index contributed by atoms with van der Waals surface area (Å²) in [4.78, 5) is 20.6. The summed E-state index contributed by atoms with van der Waals surface area (Å²) in [5.74, 6) is 2.26. The van der Waals surface area contributed by atoms with Crippen molar-refractivity contribution in [2.24, 2.45) is 0 Å². The number of carbonyl (C=O) groups excluding carboxylic acids is 1. The smallest absolute Gasteiger partial charge is 0.224 e. The van der Waals surface area contributed by atoms with Gasteiger partial charge in [-0.15, -0.1) is 0 Å². The van der Waals surface area contributed by atoms with Gasteiger partial charge in [0.1, 0.15) is 17.3 Å². The molecule has 8 nitrogen and oxygen atoms in total. The molecular formula is C18H19N5O3. The highest BCUT2D eigenvalue weighted by atomic mass is 16.5. The van der Waals surface area contributed by atoms with Crippen LogP contribution in [0, 0.1) is 0 Å². The van der Waals surface area contributed by atoms with E-state index < -0.39 is 0 Å². The minimum absolute atomic E-state index is 0.157. The van der Waals surface area contributed by atoms with Crippen molar-refractivity contribution < 1.29 is 14.3 Å². The van der Waals surface area contributed by atoms with Crippen LogP contribution in [0.25, 0.3) is 11.4 Å². The highest BCUT2D eigenvalue weighted by molar-refractivity contribution is 5.79. The van der Waals surface area contributed by atoms with E-state index in [9.17, 15) is 4.79 Å². The Morgan fingerprint density at radius 1 is 1.23 bits per heavy atom. The van der Waals surface area contributed by atoms with Gasteiger partial charge >= 0.3 is 0 Å². The topological polar surface area (TPSA) is 102 Å². The molecule has 1 amide bonds. The van der Waals surface area contributed by atoms with Crippen LogP contribution in [0.5, 0.6) is 11.5 Å². The standard InChI is InChI=1S/C18H19N5O3/c1-25-14-5-6-15(26-2)13(8-14)9-17(24)20-11-16-21-18(23-22-16)12-4-3-7-19-10-12/h3-8,10H,9,11H2,1-2H3,(H,20,24)(H,21,22,23). The molecule has 0 saturated carbocycles. The average Bonchev–Trinajstić information content (AvgIpc) is 3.16. The van der Waals surface area contributed by atoms with Gasteiger partial charge in [-0.05, 0) is 30.3 Å². The lowest BCUT2D eigenvalue weighted by atomic mass is 10.1. The molecule has 0 spiro atoms. The zero-order valence-corrected chi connectivity index (χ0v) is 14.5. The van der Waals surface area contributed by atoms with Crippen molar-refractivity contribution in [1.29, 1.82) is 0 Å². The van der Waals surface area contributed by atoms with Gasteiger partial charge in [0.2, 0.25) is 5.91 Å². The summed E-state index contributed by atoms with van der Waals surface area (Å²) in [5.41, 5.74) is 1.56. The number of rotatable bonds is 7. The quantitative estimate of drug-likeness (QED) is 0.671. The van der Waals surface area contributed by atoms with Crippen LogP contribution in [0.4, 0.5) is 0 Å². The molecule has 0 aliphatic rings. The Morgan fingerprint density at radius 2 is 2.12 bits per heavy atom.